The molecule has 0 radical (unpaired) electrons. The van der Waals surface area contributed by atoms with Crippen molar-refractivity contribution in [1.29, 1.82) is 0 Å². The SMILES string of the molecule is Cc1cc(C)c(C2CCC(C)(C)O2)c2c1OCC2. The molecular formula is C16H22O2. The number of hydrogen-bond donors (Lipinski definition) is 0. The normalized spacial score (nSPS) is 25.0. The van der Waals surface area contributed by atoms with Crippen molar-refractivity contribution < 1.29 is 9.47 Å². The van der Waals surface area contributed by atoms with Crippen LogP contribution in [0.4, 0.5) is 0 Å². The third-order valence-electron chi connectivity index (χ3n) is 4.21. The molecule has 0 saturated carbocycles. The summed E-state index contributed by atoms with van der Waals surface area (Å²) in [5.41, 5.74) is 5.45. The third-order valence-corrected chi connectivity index (χ3v) is 4.21. The summed E-state index contributed by atoms with van der Waals surface area (Å²) in [5.74, 6) is 1.11. The second-order valence-electron chi connectivity index (χ2n) is 6.24. The first-order valence-corrected chi connectivity index (χ1v) is 6.91. The van der Waals surface area contributed by atoms with E-state index in [9.17, 15) is 0 Å². The Labute approximate surface area is 109 Å². The molecule has 0 bridgehead atoms. The van der Waals surface area contributed by atoms with Gasteiger partial charge >= 0.3 is 0 Å². The molecule has 2 aliphatic heterocycles. The fourth-order valence-corrected chi connectivity index (χ4v) is 3.40. The van der Waals surface area contributed by atoms with E-state index in [2.05, 4.69) is 33.8 Å². The maximum Gasteiger partial charge on any atom is 0.125 e. The number of aryl methyl sites for hydroxylation is 2. The Morgan fingerprint density at radius 2 is 2.00 bits per heavy atom. The van der Waals surface area contributed by atoms with Crippen molar-refractivity contribution in [2.24, 2.45) is 0 Å². The zero-order valence-electron chi connectivity index (χ0n) is 11.8. The lowest BCUT2D eigenvalue weighted by Crippen LogP contribution is -2.18. The highest BCUT2D eigenvalue weighted by Crippen LogP contribution is 2.45. The van der Waals surface area contributed by atoms with Crippen LogP contribution in [0.2, 0.25) is 0 Å². The zero-order valence-corrected chi connectivity index (χ0v) is 11.8. The summed E-state index contributed by atoms with van der Waals surface area (Å²) in [6, 6.07) is 2.24. The van der Waals surface area contributed by atoms with E-state index < -0.39 is 0 Å². The van der Waals surface area contributed by atoms with Crippen LogP contribution in [0, 0.1) is 13.8 Å². The standard InChI is InChI=1S/C16H22O2/c1-10-9-11(2)15-12(6-8-17-15)14(10)13-5-7-16(3,4)18-13/h9,13H,5-8H2,1-4H3. The number of rotatable bonds is 1. The van der Waals surface area contributed by atoms with E-state index >= 15 is 0 Å². The van der Waals surface area contributed by atoms with Crippen molar-refractivity contribution in [3.8, 4) is 5.75 Å². The van der Waals surface area contributed by atoms with Crippen molar-refractivity contribution in [2.75, 3.05) is 6.61 Å². The van der Waals surface area contributed by atoms with Gasteiger partial charge in [-0.25, -0.2) is 0 Å². The first-order chi connectivity index (χ1) is 8.48. The molecule has 3 rings (SSSR count). The third kappa shape index (κ3) is 1.83. The minimum atomic E-state index is 0.0222. The lowest BCUT2D eigenvalue weighted by atomic mass is 9.91. The number of hydrogen-bond acceptors (Lipinski definition) is 2. The van der Waals surface area contributed by atoms with E-state index in [1.165, 1.54) is 22.3 Å². The van der Waals surface area contributed by atoms with Crippen LogP contribution in [0.3, 0.4) is 0 Å². The fraction of sp³-hybridized carbons (Fsp3) is 0.625. The Hall–Kier alpha value is -1.02. The molecule has 1 aromatic rings. The molecule has 0 aliphatic carbocycles. The predicted octanol–water partition coefficient (Wildman–Crippen LogP) is 3.87. The second-order valence-corrected chi connectivity index (χ2v) is 6.24. The van der Waals surface area contributed by atoms with Crippen LogP contribution in [0.5, 0.6) is 5.75 Å². The maximum absolute atomic E-state index is 6.23. The van der Waals surface area contributed by atoms with Gasteiger partial charge in [-0.2, -0.15) is 0 Å². The van der Waals surface area contributed by atoms with Crippen molar-refractivity contribution >= 4 is 0 Å². The minimum absolute atomic E-state index is 0.0222. The summed E-state index contributed by atoms with van der Waals surface area (Å²) < 4.78 is 12.0. The first-order valence-electron chi connectivity index (χ1n) is 6.91. The molecular weight excluding hydrogens is 224 g/mol. The molecule has 0 aromatic heterocycles. The Bertz CT molecular complexity index is 488. The van der Waals surface area contributed by atoms with Crippen molar-refractivity contribution in [3.63, 3.8) is 0 Å². The average Bonchev–Trinajstić information content (AvgIpc) is 2.85. The molecule has 2 aliphatic rings. The molecule has 18 heavy (non-hydrogen) atoms. The second kappa shape index (κ2) is 3.99. The summed E-state index contributed by atoms with van der Waals surface area (Å²) >= 11 is 0. The van der Waals surface area contributed by atoms with Crippen LogP contribution in [0.25, 0.3) is 0 Å². The largest absolute Gasteiger partial charge is 0.493 e. The first kappa shape index (κ1) is 12.0. The van der Waals surface area contributed by atoms with Gasteiger partial charge in [-0.1, -0.05) is 6.07 Å². The molecule has 0 spiro atoms. The van der Waals surface area contributed by atoms with Crippen molar-refractivity contribution in [2.45, 2.75) is 58.7 Å². The van der Waals surface area contributed by atoms with Crippen LogP contribution in [-0.4, -0.2) is 12.2 Å². The highest BCUT2D eigenvalue weighted by Gasteiger charge is 2.36. The molecule has 1 saturated heterocycles. The smallest absolute Gasteiger partial charge is 0.125 e. The molecule has 1 atom stereocenters. The van der Waals surface area contributed by atoms with Crippen LogP contribution in [0.15, 0.2) is 6.07 Å². The summed E-state index contributed by atoms with van der Waals surface area (Å²) in [7, 11) is 0. The topological polar surface area (TPSA) is 18.5 Å². The Morgan fingerprint density at radius 3 is 2.67 bits per heavy atom. The van der Waals surface area contributed by atoms with Gasteiger partial charge in [0.1, 0.15) is 5.75 Å². The van der Waals surface area contributed by atoms with E-state index in [0.29, 0.717) is 0 Å². The molecule has 1 unspecified atom stereocenters. The van der Waals surface area contributed by atoms with Gasteiger partial charge < -0.3 is 9.47 Å². The van der Waals surface area contributed by atoms with Gasteiger partial charge in [-0.3, -0.25) is 0 Å². The molecule has 2 heterocycles. The van der Waals surface area contributed by atoms with Gasteiger partial charge in [-0.05, 0) is 57.2 Å². The summed E-state index contributed by atoms with van der Waals surface area (Å²) in [6.07, 6.45) is 3.56. The van der Waals surface area contributed by atoms with Crippen LogP contribution in [-0.2, 0) is 11.2 Å². The lowest BCUT2D eigenvalue weighted by molar-refractivity contribution is -0.0168. The van der Waals surface area contributed by atoms with Gasteiger partial charge in [0, 0.05) is 12.0 Å². The zero-order chi connectivity index (χ0) is 12.9. The van der Waals surface area contributed by atoms with Gasteiger partial charge in [0.2, 0.25) is 0 Å². The van der Waals surface area contributed by atoms with E-state index in [0.717, 1.165) is 31.6 Å². The Morgan fingerprint density at radius 1 is 1.22 bits per heavy atom. The van der Waals surface area contributed by atoms with E-state index in [-0.39, 0.29) is 11.7 Å². The molecule has 0 amide bonds. The van der Waals surface area contributed by atoms with E-state index in [1.54, 1.807) is 0 Å². The van der Waals surface area contributed by atoms with Crippen LogP contribution in [0.1, 0.15) is 55.0 Å². The quantitative estimate of drug-likeness (QED) is 0.749. The Kier molecular flexibility index (Phi) is 2.67. The summed E-state index contributed by atoms with van der Waals surface area (Å²) in [5, 5.41) is 0. The lowest BCUT2D eigenvalue weighted by Gasteiger charge is -2.22. The van der Waals surface area contributed by atoms with Crippen LogP contribution >= 0.6 is 0 Å². The summed E-state index contributed by atoms with van der Waals surface area (Å²) in [4.78, 5) is 0. The van der Waals surface area contributed by atoms with E-state index in [4.69, 9.17) is 9.47 Å². The predicted molar refractivity (Wildman–Crippen MR) is 72.3 cm³/mol. The van der Waals surface area contributed by atoms with Gasteiger partial charge in [0.15, 0.2) is 0 Å². The van der Waals surface area contributed by atoms with Crippen molar-refractivity contribution in [1.82, 2.24) is 0 Å². The molecule has 98 valence electrons. The molecule has 1 fully saturated rings. The van der Waals surface area contributed by atoms with Gasteiger partial charge in [0.25, 0.3) is 0 Å². The van der Waals surface area contributed by atoms with Crippen molar-refractivity contribution in [3.05, 3.63) is 28.3 Å². The molecule has 1 aromatic carbocycles. The number of fused-ring (bicyclic) bond motifs is 1. The highest BCUT2D eigenvalue weighted by molar-refractivity contribution is 5.52. The monoisotopic (exact) mass is 246 g/mol. The van der Waals surface area contributed by atoms with E-state index in [1.807, 2.05) is 0 Å². The molecule has 2 nitrogen and oxygen atoms in total. The molecule has 0 N–H and O–H groups in total. The number of benzene rings is 1. The fourth-order valence-electron chi connectivity index (χ4n) is 3.40. The molecule has 2 heteroatoms. The average molecular weight is 246 g/mol. The van der Waals surface area contributed by atoms with Crippen LogP contribution < -0.4 is 4.74 Å². The van der Waals surface area contributed by atoms with Gasteiger partial charge in [-0.15, -0.1) is 0 Å². The highest BCUT2D eigenvalue weighted by atomic mass is 16.5. The Balaban J connectivity index is 2.05. The number of ether oxygens (including phenoxy) is 2. The van der Waals surface area contributed by atoms with Gasteiger partial charge in [0.05, 0.1) is 18.3 Å². The summed E-state index contributed by atoms with van der Waals surface area (Å²) in [6.45, 7) is 9.54. The maximum atomic E-state index is 6.23. The minimum Gasteiger partial charge on any atom is -0.493 e.